The van der Waals surface area contributed by atoms with E-state index in [4.69, 9.17) is 0 Å². The molecule has 0 aliphatic carbocycles. The molecule has 0 aromatic rings. The predicted octanol–water partition coefficient (Wildman–Crippen LogP) is 0.261. The quantitative estimate of drug-likeness (QED) is 0.441. The second-order valence-corrected chi connectivity index (χ2v) is 1.91. The third-order valence-electron chi connectivity index (χ3n) is 1.21. The van der Waals surface area contributed by atoms with Crippen LogP contribution in [0.15, 0.2) is 0 Å². The van der Waals surface area contributed by atoms with Crippen LogP contribution in [0.5, 0.6) is 0 Å². The summed E-state index contributed by atoms with van der Waals surface area (Å²) in [7, 11) is 1.71. The minimum Gasteiger partial charge on any atom is -0.314 e. The van der Waals surface area contributed by atoms with Gasteiger partial charge in [0.2, 0.25) is 6.04 Å². The van der Waals surface area contributed by atoms with Gasteiger partial charge in [0.15, 0.2) is 0 Å². The number of nitrogens with one attached hydrogen (secondary N) is 1. The molecule has 0 spiro atoms. The van der Waals surface area contributed by atoms with Crippen molar-refractivity contribution in [3.05, 3.63) is 10.1 Å². The summed E-state index contributed by atoms with van der Waals surface area (Å²) in [6, 6.07) is -0.421. The molecule has 0 aromatic heterocycles. The number of hydrogen-bond acceptors (Lipinski definition) is 3. The molecule has 0 aliphatic heterocycles. The van der Waals surface area contributed by atoms with Gasteiger partial charge in [-0.15, -0.1) is 0 Å². The van der Waals surface area contributed by atoms with Crippen molar-refractivity contribution in [2.75, 3.05) is 13.6 Å². The summed E-state index contributed by atoms with van der Waals surface area (Å²) in [6.07, 6.45) is 0.591. The fourth-order valence-corrected chi connectivity index (χ4v) is 0.604. The van der Waals surface area contributed by atoms with Crippen molar-refractivity contribution in [1.29, 1.82) is 0 Å². The van der Waals surface area contributed by atoms with E-state index < -0.39 is 6.04 Å². The molecule has 0 bridgehead atoms. The highest BCUT2D eigenvalue weighted by molar-refractivity contribution is 4.54. The van der Waals surface area contributed by atoms with E-state index >= 15 is 0 Å². The van der Waals surface area contributed by atoms with Crippen LogP contribution in [0.4, 0.5) is 0 Å². The first-order chi connectivity index (χ1) is 4.22. The van der Waals surface area contributed by atoms with E-state index in [2.05, 4.69) is 5.32 Å². The van der Waals surface area contributed by atoms with E-state index in [1.165, 1.54) is 0 Å². The van der Waals surface area contributed by atoms with Gasteiger partial charge in [-0.2, -0.15) is 0 Å². The molecule has 0 amide bonds. The fraction of sp³-hybridized carbons (Fsp3) is 1.00. The first-order valence-corrected chi connectivity index (χ1v) is 3.00. The molecule has 1 N–H and O–H groups in total. The molecule has 1 unspecified atom stereocenters. The predicted molar refractivity (Wildman–Crippen MR) is 35.0 cm³/mol. The molecule has 0 aliphatic rings. The molecule has 4 nitrogen and oxygen atoms in total. The van der Waals surface area contributed by atoms with Crippen LogP contribution in [0.25, 0.3) is 0 Å². The van der Waals surface area contributed by atoms with Gasteiger partial charge in [0.05, 0.1) is 6.54 Å². The standard InChI is InChI=1S/C5H12N2O2/c1-3-5(4-6-2)7(8)9/h5-6H,3-4H2,1-2H3. The third-order valence-corrected chi connectivity index (χ3v) is 1.21. The lowest BCUT2D eigenvalue weighted by atomic mass is 10.2. The number of rotatable bonds is 4. The third kappa shape index (κ3) is 3.03. The van der Waals surface area contributed by atoms with Crippen LogP contribution >= 0.6 is 0 Å². The van der Waals surface area contributed by atoms with Crippen LogP contribution in [0, 0.1) is 10.1 Å². The van der Waals surface area contributed by atoms with Gasteiger partial charge in [-0.25, -0.2) is 0 Å². The Hall–Kier alpha value is -0.640. The van der Waals surface area contributed by atoms with Crippen molar-refractivity contribution in [1.82, 2.24) is 5.32 Å². The van der Waals surface area contributed by atoms with Gasteiger partial charge in [0, 0.05) is 11.3 Å². The van der Waals surface area contributed by atoms with Crippen LogP contribution in [-0.2, 0) is 0 Å². The molecule has 0 fully saturated rings. The molecule has 0 aromatic carbocycles. The maximum atomic E-state index is 10.1. The summed E-state index contributed by atoms with van der Waals surface area (Å²) in [5.41, 5.74) is 0. The zero-order chi connectivity index (χ0) is 7.28. The molecular formula is C5H12N2O2. The molecule has 1 atom stereocenters. The van der Waals surface area contributed by atoms with E-state index in [-0.39, 0.29) is 4.92 Å². The number of hydrogen-bond donors (Lipinski definition) is 1. The minimum absolute atomic E-state index is 0.253. The van der Waals surface area contributed by atoms with Crippen LogP contribution in [0.3, 0.4) is 0 Å². The van der Waals surface area contributed by atoms with Gasteiger partial charge in [0.1, 0.15) is 0 Å². The van der Waals surface area contributed by atoms with Crippen LogP contribution < -0.4 is 5.32 Å². The minimum atomic E-state index is -0.421. The highest BCUT2D eigenvalue weighted by Crippen LogP contribution is 1.92. The van der Waals surface area contributed by atoms with Crippen molar-refractivity contribution in [2.24, 2.45) is 0 Å². The fourth-order valence-electron chi connectivity index (χ4n) is 0.604. The lowest BCUT2D eigenvalue weighted by Gasteiger charge is -2.03. The van der Waals surface area contributed by atoms with Crippen LogP contribution in [-0.4, -0.2) is 24.6 Å². The van der Waals surface area contributed by atoms with Gasteiger partial charge in [-0.05, 0) is 7.05 Å². The first-order valence-electron chi connectivity index (χ1n) is 3.00. The van der Waals surface area contributed by atoms with Crippen LogP contribution in [0.1, 0.15) is 13.3 Å². The molecule has 0 radical (unpaired) electrons. The first kappa shape index (κ1) is 8.36. The lowest BCUT2D eigenvalue weighted by Crippen LogP contribution is -2.30. The topological polar surface area (TPSA) is 55.2 Å². The Labute approximate surface area is 54.4 Å². The normalized spacial score (nSPS) is 13.1. The molecule has 0 rings (SSSR count). The van der Waals surface area contributed by atoms with Crippen molar-refractivity contribution < 1.29 is 4.92 Å². The zero-order valence-electron chi connectivity index (χ0n) is 5.76. The monoisotopic (exact) mass is 132 g/mol. The highest BCUT2D eigenvalue weighted by Gasteiger charge is 2.14. The number of likely N-dealkylation sites (N-methyl/N-ethyl adjacent to an activating group) is 1. The molecule has 4 heteroatoms. The Morgan fingerprint density at radius 1 is 1.78 bits per heavy atom. The van der Waals surface area contributed by atoms with Crippen LogP contribution in [0.2, 0.25) is 0 Å². The second-order valence-electron chi connectivity index (χ2n) is 1.91. The summed E-state index contributed by atoms with van der Waals surface area (Å²) in [4.78, 5) is 9.83. The summed E-state index contributed by atoms with van der Waals surface area (Å²) in [5, 5.41) is 12.8. The maximum absolute atomic E-state index is 10.1. The van der Waals surface area contributed by atoms with E-state index in [0.717, 1.165) is 0 Å². The molecule has 9 heavy (non-hydrogen) atoms. The smallest absolute Gasteiger partial charge is 0.225 e. The lowest BCUT2D eigenvalue weighted by molar-refractivity contribution is -0.520. The molecule has 54 valence electrons. The largest absolute Gasteiger partial charge is 0.314 e. The average Bonchev–Trinajstić information content (AvgIpc) is 1.82. The van der Waals surface area contributed by atoms with Gasteiger partial charge in [-0.3, -0.25) is 10.1 Å². The summed E-state index contributed by atoms with van der Waals surface area (Å²) < 4.78 is 0. The number of nitrogens with zero attached hydrogens (tertiary/aromatic N) is 1. The number of nitro groups is 1. The van der Waals surface area contributed by atoms with E-state index in [0.29, 0.717) is 13.0 Å². The second kappa shape index (κ2) is 4.26. The molecular weight excluding hydrogens is 120 g/mol. The Balaban J connectivity index is 3.54. The molecule has 0 heterocycles. The van der Waals surface area contributed by atoms with E-state index in [9.17, 15) is 10.1 Å². The molecule has 0 saturated heterocycles. The van der Waals surface area contributed by atoms with Crippen molar-refractivity contribution in [2.45, 2.75) is 19.4 Å². The Morgan fingerprint density at radius 3 is 2.44 bits per heavy atom. The summed E-state index contributed by atoms with van der Waals surface area (Å²) in [5.74, 6) is 0. The van der Waals surface area contributed by atoms with Crippen molar-refractivity contribution in [3.63, 3.8) is 0 Å². The van der Waals surface area contributed by atoms with Gasteiger partial charge in [-0.1, -0.05) is 6.92 Å². The Kier molecular flexibility index (Phi) is 3.96. The van der Waals surface area contributed by atoms with E-state index in [1.54, 1.807) is 7.05 Å². The summed E-state index contributed by atoms with van der Waals surface area (Å²) >= 11 is 0. The highest BCUT2D eigenvalue weighted by atomic mass is 16.6. The maximum Gasteiger partial charge on any atom is 0.225 e. The van der Waals surface area contributed by atoms with Gasteiger partial charge >= 0.3 is 0 Å². The van der Waals surface area contributed by atoms with Gasteiger partial charge < -0.3 is 5.32 Å². The van der Waals surface area contributed by atoms with E-state index in [1.807, 2.05) is 6.92 Å². The van der Waals surface area contributed by atoms with Gasteiger partial charge in [0.25, 0.3) is 0 Å². The van der Waals surface area contributed by atoms with Crippen molar-refractivity contribution in [3.8, 4) is 0 Å². The van der Waals surface area contributed by atoms with Crippen molar-refractivity contribution >= 4 is 0 Å². The average molecular weight is 132 g/mol. The zero-order valence-corrected chi connectivity index (χ0v) is 5.76. The Bertz CT molecular complexity index is 95.0. The SMILES string of the molecule is CCC(CNC)[N+](=O)[O-]. The molecule has 0 saturated carbocycles. The summed E-state index contributed by atoms with van der Waals surface area (Å²) in [6.45, 7) is 2.27. The Morgan fingerprint density at radius 2 is 2.33 bits per heavy atom.